The van der Waals surface area contributed by atoms with E-state index in [1.165, 1.54) is 11.3 Å². The molecule has 1 aliphatic rings. The summed E-state index contributed by atoms with van der Waals surface area (Å²) in [5, 5.41) is 4.89. The predicted octanol–water partition coefficient (Wildman–Crippen LogP) is 2.86. The highest BCUT2D eigenvalue weighted by molar-refractivity contribution is 7.13. The Balaban J connectivity index is 1.61. The summed E-state index contributed by atoms with van der Waals surface area (Å²) in [5.41, 5.74) is 3.63. The third-order valence-electron chi connectivity index (χ3n) is 4.71. The van der Waals surface area contributed by atoms with E-state index in [0.717, 1.165) is 16.8 Å². The smallest absolute Gasteiger partial charge is 0.311 e. The largest absolute Gasteiger partial charge is 0.466 e. The summed E-state index contributed by atoms with van der Waals surface area (Å²) >= 11 is 1.25. The van der Waals surface area contributed by atoms with Gasteiger partial charge in [0.2, 0.25) is 11.8 Å². The van der Waals surface area contributed by atoms with Gasteiger partial charge in [0.1, 0.15) is 0 Å². The number of anilines is 2. The van der Waals surface area contributed by atoms with Crippen LogP contribution in [0.3, 0.4) is 0 Å². The number of rotatable bonds is 6. The lowest BCUT2D eigenvalue weighted by Crippen LogP contribution is -2.28. The second-order valence-corrected chi connectivity index (χ2v) is 7.65. The van der Waals surface area contributed by atoms with E-state index in [2.05, 4.69) is 10.3 Å². The van der Waals surface area contributed by atoms with Crippen LogP contribution in [0.2, 0.25) is 0 Å². The maximum Gasteiger partial charge on any atom is 0.311 e. The van der Waals surface area contributed by atoms with Crippen LogP contribution in [0.4, 0.5) is 10.8 Å². The third-order valence-corrected chi connectivity index (χ3v) is 5.52. The van der Waals surface area contributed by atoms with Crippen LogP contribution in [0, 0.1) is 19.8 Å². The Labute approximate surface area is 167 Å². The first-order valence-electron chi connectivity index (χ1n) is 9.16. The number of carbonyl (C=O) groups excluding carboxylic acids is 3. The molecule has 1 aromatic heterocycles. The van der Waals surface area contributed by atoms with Crippen LogP contribution < -0.4 is 10.2 Å². The molecule has 2 amide bonds. The monoisotopic (exact) mass is 401 g/mol. The summed E-state index contributed by atoms with van der Waals surface area (Å²) < 4.78 is 4.89. The molecular weight excluding hydrogens is 378 g/mol. The molecule has 7 nitrogen and oxygen atoms in total. The molecule has 28 heavy (non-hydrogen) atoms. The number of hydrogen-bond donors (Lipinski definition) is 1. The van der Waals surface area contributed by atoms with E-state index in [9.17, 15) is 14.4 Å². The van der Waals surface area contributed by atoms with Gasteiger partial charge in [-0.05, 0) is 44.0 Å². The predicted molar refractivity (Wildman–Crippen MR) is 107 cm³/mol. The van der Waals surface area contributed by atoms with Gasteiger partial charge in [-0.1, -0.05) is 6.07 Å². The summed E-state index contributed by atoms with van der Waals surface area (Å²) in [5.74, 6) is -1.09. The summed E-state index contributed by atoms with van der Waals surface area (Å²) in [6, 6.07) is 5.85. The molecule has 1 aromatic carbocycles. The molecule has 148 valence electrons. The Morgan fingerprint density at radius 3 is 2.82 bits per heavy atom. The Morgan fingerprint density at radius 2 is 2.11 bits per heavy atom. The Kier molecular flexibility index (Phi) is 6.08. The first kappa shape index (κ1) is 20.0. The van der Waals surface area contributed by atoms with Crippen LogP contribution in [0.25, 0.3) is 0 Å². The lowest BCUT2D eigenvalue weighted by atomic mass is 10.1. The fraction of sp³-hybridized carbons (Fsp3) is 0.400. The summed E-state index contributed by atoms with van der Waals surface area (Å²) in [7, 11) is 0. The maximum absolute atomic E-state index is 12.6. The normalized spacial score (nSPS) is 16.3. The minimum absolute atomic E-state index is 0.0643. The van der Waals surface area contributed by atoms with Gasteiger partial charge in [-0.25, -0.2) is 4.98 Å². The number of nitrogens with one attached hydrogen (secondary N) is 1. The van der Waals surface area contributed by atoms with E-state index in [1.807, 2.05) is 32.0 Å². The highest BCUT2D eigenvalue weighted by Crippen LogP contribution is 2.28. The van der Waals surface area contributed by atoms with Crippen LogP contribution in [0.15, 0.2) is 23.6 Å². The minimum atomic E-state index is -0.438. The van der Waals surface area contributed by atoms with Crippen molar-refractivity contribution < 1.29 is 19.1 Å². The number of hydrogen-bond acceptors (Lipinski definition) is 6. The lowest BCUT2D eigenvalue weighted by molar-refractivity contribution is -0.142. The molecule has 2 heterocycles. The van der Waals surface area contributed by atoms with E-state index in [4.69, 9.17) is 4.74 Å². The number of carbonyl (C=O) groups is 3. The molecule has 1 aliphatic heterocycles. The molecule has 8 heteroatoms. The number of esters is 1. The number of ether oxygens (including phenoxy) is 1. The third kappa shape index (κ3) is 4.56. The molecule has 0 radical (unpaired) electrons. The highest BCUT2D eigenvalue weighted by Gasteiger charge is 2.35. The van der Waals surface area contributed by atoms with Crippen molar-refractivity contribution in [2.45, 2.75) is 33.6 Å². The van der Waals surface area contributed by atoms with Crippen LogP contribution in [-0.4, -0.2) is 35.9 Å². The van der Waals surface area contributed by atoms with E-state index in [-0.39, 0.29) is 30.6 Å². The van der Waals surface area contributed by atoms with Crippen molar-refractivity contribution in [1.29, 1.82) is 0 Å². The van der Waals surface area contributed by atoms with Crippen molar-refractivity contribution in [2.75, 3.05) is 23.4 Å². The fourth-order valence-corrected chi connectivity index (χ4v) is 3.75. The Morgan fingerprint density at radius 1 is 1.32 bits per heavy atom. The summed E-state index contributed by atoms with van der Waals surface area (Å²) in [6.45, 7) is 6.42. The molecule has 0 aliphatic carbocycles. The minimum Gasteiger partial charge on any atom is -0.466 e. The maximum atomic E-state index is 12.6. The zero-order chi connectivity index (χ0) is 20.3. The molecule has 0 bridgehead atoms. The van der Waals surface area contributed by atoms with Crippen LogP contribution in [0.5, 0.6) is 0 Å². The van der Waals surface area contributed by atoms with Crippen molar-refractivity contribution in [3.05, 3.63) is 40.4 Å². The first-order chi connectivity index (χ1) is 13.4. The zero-order valence-corrected chi connectivity index (χ0v) is 17.0. The number of aromatic nitrogens is 1. The first-order valence-corrected chi connectivity index (χ1v) is 10.0. The summed E-state index contributed by atoms with van der Waals surface area (Å²) in [4.78, 5) is 42.4. The van der Waals surface area contributed by atoms with Crippen molar-refractivity contribution in [2.24, 2.45) is 5.92 Å². The number of nitrogens with zero attached hydrogens (tertiary/aromatic N) is 2. The van der Waals surface area contributed by atoms with Gasteiger partial charge >= 0.3 is 5.97 Å². The average Bonchev–Trinajstić information content (AvgIpc) is 3.24. The number of thiazole rings is 1. The van der Waals surface area contributed by atoms with Gasteiger partial charge in [0, 0.05) is 24.0 Å². The van der Waals surface area contributed by atoms with E-state index in [0.29, 0.717) is 24.0 Å². The second kappa shape index (κ2) is 8.52. The average molecular weight is 401 g/mol. The number of benzene rings is 1. The van der Waals surface area contributed by atoms with Crippen molar-refractivity contribution in [3.63, 3.8) is 0 Å². The van der Waals surface area contributed by atoms with Gasteiger partial charge in [-0.3, -0.25) is 14.4 Å². The molecule has 2 aromatic rings. The van der Waals surface area contributed by atoms with E-state index in [1.54, 1.807) is 17.2 Å². The topological polar surface area (TPSA) is 88.6 Å². The van der Waals surface area contributed by atoms with Gasteiger partial charge in [-0.2, -0.15) is 0 Å². The SMILES string of the molecule is CCOC(=O)Cc1csc(NC(=O)[C@H]2CC(=O)N(c3ccc(C)c(C)c3)C2)n1. The second-order valence-electron chi connectivity index (χ2n) is 6.79. The van der Waals surface area contributed by atoms with Crippen LogP contribution in [0.1, 0.15) is 30.2 Å². The molecule has 1 saturated heterocycles. The van der Waals surface area contributed by atoms with Gasteiger partial charge in [0.25, 0.3) is 0 Å². The Bertz CT molecular complexity index is 909. The molecule has 1 N–H and O–H groups in total. The van der Waals surface area contributed by atoms with Crippen LogP contribution in [-0.2, 0) is 25.5 Å². The molecule has 3 rings (SSSR count). The van der Waals surface area contributed by atoms with Crippen LogP contribution >= 0.6 is 11.3 Å². The van der Waals surface area contributed by atoms with Crippen molar-refractivity contribution >= 4 is 39.9 Å². The quantitative estimate of drug-likeness (QED) is 0.752. The van der Waals surface area contributed by atoms with Gasteiger partial charge in [-0.15, -0.1) is 11.3 Å². The van der Waals surface area contributed by atoms with Gasteiger partial charge in [0.15, 0.2) is 5.13 Å². The van der Waals surface area contributed by atoms with Crippen molar-refractivity contribution in [3.8, 4) is 0 Å². The Hall–Kier alpha value is -2.74. The van der Waals surface area contributed by atoms with Gasteiger partial charge in [0.05, 0.1) is 24.6 Å². The number of amides is 2. The molecular formula is C20H23N3O4S. The molecule has 1 fully saturated rings. The molecule has 0 unspecified atom stereocenters. The zero-order valence-electron chi connectivity index (χ0n) is 16.2. The van der Waals surface area contributed by atoms with Crippen molar-refractivity contribution in [1.82, 2.24) is 4.98 Å². The number of aryl methyl sites for hydroxylation is 2. The van der Waals surface area contributed by atoms with E-state index < -0.39 is 5.92 Å². The van der Waals surface area contributed by atoms with Gasteiger partial charge < -0.3 is 15.0 Å². The molecule has 1 atom stereocenters. The molecule has 0 spiro atoms. The highest BCUT2D eigenvalue weighted by atomic mass is 32.1. The molecule has 0 saturated carbocycles. The summed E-state index contributed by atoms with van der Waals surface area (Å²) in [6.07, 6.45) is 0.239. The standard InChI is InChI=1S/C20H23N3O4S/c1-4-27-18(25)9-15-11-28-20(21-15)22-19(26)14-8-17(24)23(10-14)16-6-5-12(2)13(3)7-16/h5-7,11,14H,4,8-10H2,1-3H3,(H,21,22,26)/t14-/m0/s1. The van der Waals surface area contributed by atoms with E-state index >= 15 is 0 Å². The fourth-order valence-electron chi connectivity index (χ4n) is 3.04. The lowest BCUT2D eigenvalue weighted by Gasteiger charge is -2.17.